The van der Waals surface area contributed by atoms with Crippen molar-refractivity contribution in [1.82, 2.24) is 14.8 Å². The Hall–Kier alpha value is -2.54. The molecule has 0 N–H and O–H groups in total. The highest BCUT2D eigenvalue weighted by atomic mass is 19.1. The number of pyridine rings is 1. The van der Waals surface area contributed by atoms with Crippen LogP contribution < -0.4 is 4.74 Å². The summed E-state index contributed by atoms with van der Waals surface area (Å²) in [6, 6.07) is 5.42. The van der Waals surface area contributed by atoms with Crippen LogP contribution in [0.25, 0.3) is 0 Å². The Kier molecular flexibility index (Phi) is 3.88. The fourth-order valence-corrected chi connectivity index (χ4v) is 3.50. The zero-order valence-corrected chi connectivity index (χ0v) is 13.7. The van der Waals surface area contributed by atoms with Gasteiger partial charge in [0.1, 0.15) is 23.5 Å². The molecule has 4 rings (SSSR count). The van der Waals surface area contributed by atoms with Gasteiger partial charge < -0.3 is 9.64 Å². The van der Waals surface area contributed by atoms with Gasteiger partial charge in [0.2, 0.25) is 0 Å². The lowest BCUT2D eigenvalue weighted by Crippen LogP contribution is -2.44. The maximum absolute atomic E-state index is 13.8. The molecule has 130 valence electrons. The molecular formula is C18H17F2N3O2. The molecule has 2 atom stereocenters. The second kappa shape index (κ2) is 6.07. The maximum atomic E-state index is 13.8. The smallest absolute Gasteiger partial charge is 0.257 e. The van der Waals surface area contributed by atoms with E-state index in [1.807, 2.05) is 4.90 Å². The molecule has 1 fully saturated rings. The second-order valence-corrected chi connectivity index (χ2v) is 6.44. The number of hydrogen-bond acceptors (Lipinski definition) is 4. The van der Waals surface area contributed by atoms with Crippen molar-refractivity contribution in [3.63, 3.8) is 0 Å². The molecule has 1 aromatic carbocycles. The highest BCUT2D eigenvalue weighted by Crippen LogP contribution is 2.31. The van der Waals surface area contributed by atoms with Gasteiger partial charge in [0, 0.05) is 44.5 Å². The average molecular weight is 345 g/mol. The molecule has 1 aromatic heterocycles. The van der Waals surface area contributed by atoms with Gasteiger partial charge in [-0.3, -0.25) is 14.7 Å². The van der Waals surface area contributed by atoms with Crippen molar-refractivity contribution in [2.75, 3.05) is 20.1 Å². The molecule has 3 heterocycles. The van der Waals surface area contributed by atoms with Gasteiger partial charge in [0.25, 0.3) is 5.91 Å². The summed E-state index contributed by atoms with van der Waals surface area (Å²) >= 11 is 0. The van der Waals surface area contributed by atoms with E-state index in [-0.39, 0.29) is 29.6 Å². The molecule has 0 saturated carbocycles. The zero-order valence-electron chi connectivity index (χ0n) is 13.7. The summed E-state index contributed by atoms with van der Waals surface area (Å²) in [6.07, 6.45) is 2.45. The minimum Gasteiger partial charge on any atom is -0.486 e. The number of amides is 1. The highest BCUT2D eigenvalue weighted by molar-refractivity contribution is 5.97. The van der Waals surface area contributed by atoms with Crippen LogP contribution in [0, 0.1) is 11.6 Å². The first-order valence-corrected chi connectivity index (χ1v) is 8.07. The third-order valence-electron chi connectivity index (χ3n) is 4.83. The van der Waals surface area contributed by atoms with Crippen LogP contribution in [-0.2, 0) is 6.54 Å². The number of likely N-dealkylation sites (tertiary alicyclic amines) is 1. The van der Waals surface area contributed by atoms with Crippen LogP contribution in [0.15, 0.2) is 36.7 Å². The number of carbonyl (C=O) groups excluding carboxylic acids is 1. The fourth-order valence-electron chi connectivity index (χ4n) is 3.50. The van der Waals surface area contributed by atoms with E-state index >= 15 is 0 Å². The maximum Gasteiger partial charge on any atom is 0.257 e. The first kappa shape index (κ1) is 16.0. The standard InChI is InChI=1S/C18H17F2N3O2/c1-22-15-9-23(8-11-4-5-21-7-14(11)20)10-17(15)25-16-6-12(19)2-3-13(16)18(22)24/h2-7,15,17H,8-10H2,1H3. The largest absolute Gasteiger partial charge is 0.486 e. The highest BCUT2D eigenvalue weighted by Gasteiger charge is 2.42. The Morgan fingerprint density at radius 3 is 2.92 bits per heavy atom. The van der Waals surface area contributed by atoms with Crippen molar-refractivity contribution in [3.8, 4) is 5.75 Å². The summed E-state index contributed by atoms with van der Waals surface area (Å²) in [5.41, 5.74) is 0.914. The van der Waals surface area contributed by atoms with E-state index in [0.717, 1.165) is 0 Å². The SMILES string of the molecule is CN1C(=O)c2ccc(F)cc2OC2CN(Cc3ccncc3F)CC21. The summed E-state index contributed by atoms with van der Waals surface area (Å²) in [7, 11) is 1.72. The molecule has 7 heteroatoms. The molecule has 0 aliphatic carbocycles. The second-order valence-electron chi connectivity index (χ2n) is 6.44. The molecule has 1 saturated heterocycles. The van der Waals surface area contributed by atoms with Crippen LogP contribution in [-0.4, -0.2) is 53.0 Å². The zero-order chi connectivity index (χ0) is 17.6. The van der Waals surface area contributed by atoms with Gasteiger partial charge in [0.05, 0.1) is 17.8 Å². The number of halogens is 2. The topological polar surface area (TPSA) is 45.7 Å². The molecule has 1 amide bonds. The van der Waals surface area contributed by atoms with Crippen LogP contribution in [0.2, 0.25) is 0 Å². The number of aromatic nitrogens is 1. The number of likely N-dealkylation sites (N-methyl/N-ethyl adjacent to an activating group) is 1. The van der Waals surface area contributed by atoms with Crippen molar-refractivity contribution >= 4 is 5.91 Å². The summed E-state index contributed by atoms with van der Waals surface area (Å²) in [5, 5.41) is 0. The molecule has 0 bridgehead atoms. The molecule has 25 heavy (non-hydrogen) atoms. The molecule has 2 unspecified atom stereocenters. The Labute approximate surface area is 143 Å². The number of carbonyl (C=O) groups is 1. The first-order chi connectivity index (χ1) is 12.0. The third kappa shape index (κ3) is 2.84. The molecule has 2 aliphatic rings. The molecular weight excluding hydrogens is 328 g/mol. The van der Waals surface area contributed by atoms with E-state index in [0.29, 0.717) is 30.8 Å². The van der Waals surface area contributed by atoms with E-state index in [9.17, 15) is 13.6 Å². The average Bonchev–Trinajstić information content (AvgIpc) is 2.94. The molecule has 0 spiro atoms. The number of rotatable bonds is 2. The molecule has 2 aromatic rings. The summed E-state index contributed by atoms with van der Waals surface area (Å²) < 4.78 is 33.3. The van der Waals surface area contributed by atoms with E-state index in [2.05, 4.69) is 4.98 Å². The summed E-state index contributed by atoms with van der Waals surface area (Å²) in [5.74, 6) is -0.727. The number of ether oxygens (including phenoxy) is 1. The van der Waals surface area contributed by atoms with Crippen molar-refractivity contribution in [1.29, 1.82) is 0 Å². The van der Waals surface area contributed by atoms with Crippen LogP contribution >= 0.6 is 0 Å². The number of fused-ring (bicyclic) bond motifs is 2. The normalized spacial score (nSPS) is 23.0. The van der Waals surface area contributed by atoms with E-state index in [1.54, 1.807) is 24.2 Å². The van der Waals surface area contributed by atoms with Crippen molar-refractivity contribution in [2.45, 2.75) is 18.7 Å². The van der Waals surface area contributed by atoms with Crippen LogP contribution in [0.5, 0.6) is 5.75 Å². The number of nitrogens with zero attached hydrogens (tertiary/aromatic N) is 3. The molecule has 2 aliphatic heterocycles. The quantitative estimate of drug-likeness (QED) is 0.836. The first-order valence-electron chi connectivity index (χ1n) is 8.07. The number of benzene rings is 1. The molecule has 5 nitrogen and oxygen atoms in total. The van der Waals surface area contributed by atoms with Crippen molar-refractivity contribution in [2.24, 2.45) is 0 Å². The lowest BCUT2D eigenvalue weighted by molar-refractivity contribution is 0.0682. The van der Waals surface area contributed by atoms with Gasteiger partial charge in [-0.1, -0.05) is 0 Å². The molecule has 0 radical (unpaired) electrons. The summed E-state index contributed by atoms with van der Waals surface area (Å²) in [4.78, 5) is 20.1. The van der Waals surface area contributed by atoms with Gasteiger partial charge >= 0.3 is 0 Å². The van der Waals surface area contributed by atoms with E-state index in [4.69, 9.17) is 4.74 Å². The van der Waals surface area contributed by atoms with Gasteiger partial charge in [-0.25, -0.2) is 8.78 Å². The van der Waals surface area contributed by atoms with Crippen LogP contribution in [0.3, 0.4) is 0 Å². The Bertz CT molecular complexity index is 830. The Balaban J connectivity index is 1.58. The van der Waals surface area contributed by atoms with Crippen molar-refractivity contribution in [3.05, 3.63) is 59.4 Å². The van der Waals surface area contributed by atoms with Gasteiger partial charge in [-0.2, -0.15) is 0 Å². The van der Waals surface area contributed by atoms with E-state index < -0.39 is 5.82 Å². The predicted molar refractivity (Wildman–Crippen MR) is 86.2 cm³/mol. The van der Waals surface area contributed by atoms with Gasteiger partial charge in [-0.15, -0.1) is 0 Å². The van der Waals surface area contributed by atoms with Gasteiger partial charge in [-0.05, 0) is 18.2 Å². The third-order valence-corrected chi connectivity index (χ3v) is 4.83. The predicted octanol–water partition coefficient (Wildman–Crippen LogP) is 2.08. The van der Waals surface area contributed by atoms with Crippen LogP contribution in [0.4, 0.5) is 8.78 Å². The lowest BCUT2D eigenvalue weighted by atomic mass is 10.1. The Morgan fingerprint density at radius 1 is 1.28 bits per heavy atom. The Morgan fingerprint density at radius 2 is 2.12 bits per heavy atom. The fraction of sp³-hybridized carbons (Fsp3) is 0.333. The van der Waals surface area contributed by atoms with Crippen LogP contribution in [0.1, 0.15) is 15.9 Å². The van der Waals surface area contributed by atoms with Gasteiger partial charge in [0.15, 0.2) is 0 Å². The monoisotopic (exact) mass is 345 g/mol. The van der Waals surface area contributed by atoms with Crippen molar-refractivity contribution < 1.29 is 18.3 Å². The van der Waals surface area contributed by atoms with E-state index in [1.165, 1.54) is 24.4 Å². The minimum atomic E-state index is -0.443. The lowest BCUT2D eigenvalue weighted by Gasteiger charge is -2.25. The summed E-state index contributed by atoms with van der Waals surface area (Å²) in [6.45, 7) is 1.49. The number of hydrogen-bond donors (Lipinski definition) is 0. The minimum absolute atomic E-state index is 0.173.